The quantitative estimate of drug-likeness (QED) is 0.496. The van der Waals surface area contributed by atoms with Gasteiger partial charge < -0.3 is 10.1 Å². The third-order valence-electron chi connectivity index (χ3n) is 3.18. The highest BCUT2D eigenvalue weighted by Gasteiger charge is 2.22. The molecule has 25 heavy (non-hydrogen) atoms. The van der Waals surface area contributed by atoms with Crippen LogP contribution in [-0.4, -0.2) is 23.4 Å². The molecule has 0 fully saturated rings. The van der Waals surface area contributed by atoms with Gasteiger partial charge in [0.1, 0.15) is 11.4 Å². The average molecular weight is 367 g/mol. The summed E-state index contributed by atoms with van der Waals surface area (Å²) in [6, 6.07) is 7.28. The fraction of sp³-hybridized carbons (Fsp3) is 0.125. The zero-order chi connectivity index (χ0) is 18.6. The fourth-order valence-electron chi connectivity index (χ4n) is 1.95. The molecule has 1 amide bonds. The maximum atomic E-state index is 13.2. The van der Waals surface area contributed by atoms with E-state index >= 15 is 0 Å². The highest BCUT2D eigenvalue weighted by Crippen LogP contribution is 2.24. The number of esters is 1. The lowest BCUT2D eigenvalue weighted by molar-refractivity contribution is -0.385. The zero-order valence-electron chi connectivity index (χ0n) is 12.9. The number of ether oxygens (including phenoxy) is 1. The molecule has 0 aliphatic carbocycles. The molecule has 0 saturated heterocycles. The van der Waals surface area contributed by atoms with Crippen LogP contribution >= 0.6 is 11.6 Å². The van der Waals surface area contributed by atoms with Gasteiger partial charge in [0.25, 0.3) is 11.6 Å². The number of amides is 1. The van der Waals surface area contributed by atoms with E-state index in [9.17, 15) is 24.1 Å². The Labute approximate surface area is 146 Å². The van der Waals surface area contributed by atoms with Crippen LogP contribution in [-0.2, 0) is 9.53 Å². The Morgan fingerprint density at radius 1 is 1.28 bits per heavy atom. The number of anilines is 1. The Hall–Kier alpha value is -3.00. The van der Waals surface area contributed by atoms with Crippen molar-refractivity contribution in [2.24, 2.45) is 0 Å². The Bertz CT molecular complexity index is 856. The van der Waals surface area contributed by atoms with Crippen LogP contribution in [0.3, 0.4) is 0 Å². The van der Waals surface area contributed by atoms with Crippen LogP contribution in [0.25, 0.3) is 0 Å². The van der Waals surface area contributed by atoms with E-state index in [1.165, 1.54) is 18.2 Å². The van der Waals surface area contributed by atoms with Gasteiger partial charge in [-0.1, -0.05) is 17.7 Å². The third-order valence-corrected chi connectivity index (χ3v) is 3.42. The van der Waals surface area contributed by atoms with Gasteiger partial charge in [0.2, 0.25) is 0 Å². The van der Waals surface area contributed by atoms with Crippen LogP contribution < -0.4 is 5.32 Å². The highest BCUT2D eigenvalue weighted by molar-refractivity contribution is 6.31. The number of carbonyl (C=O) groups excluding carboxylic acids is 2. The number of benzene rings is 2. The second kappa shape index (κ2) is 7.71. The smallest absolute Gasteiger partial charge is 0.345 e. The molecule has 0 aliphatic rings. The van der Waals surface area contributed by atoms with E-state index in [0.29, 0.717) is 5.56 Å². The molecule has 2 aromatic rings. The van der Waals surface area contributed by atoms with Crippen molar-refractivity contribution >= 4 is 34.9 Å². The van der Waals surface area contributed by atoms with Crippen LogP contribution in [0.5, 0.6) is 0 Å². The van der Waals surface area contributed by atoms with Gasteiger partial charge >= 0.3 is 5.97 Å². The number of carbonyl (C=O) groups is 2. The number of hydrogen-bond acceptors (Lipinski definition) is 5. The van der Waals surface area contributed by atoms with Crippen molar-refractivity contribution in [1.29, 1.82) is 0 Å². The summed E-state index contributed by atoms with van der Waals surface area (Å²) in [5.74, 6) is -2.29. The Morgan fingerprint density at radius 3 is 2.68 bits per heavy atom. The van der Waals surface area contributed by atoms with Gasteiger partial charge in [0, 0.05) is 16.8 Å². The van der Waals surface area contributed by atoms with E-state index in [4.69, 9.17) is 16.3 Å². The topological polar surface area (TPSA) is 98.5 Å². The predicted octanol–water partition coefficient (Wildman–Crippen LogP) is 3.49. The second-order valence-corrected chi connectivity index (χ2v) is 5.44. The van der Waals surface area contributed by atoms with E-state index in [1.807, 2.05) is 0 Å². The molecule has 0 bridgehead atoms. The van der Waals surface area contributed by atoms with Gasteiger partial charge in [-0.3, -0.25) is 14.9 Å². The number of nitrogens with zero attached hydrogens (tertiary/aromatic N) is 1. The SMILES string of the molecule is Cc1ccc(F)cc1NC(=O)COC(=O)c1ccc(Cl)cc1[N+](=O)[O-]. The minimum absolute atomic E-state index is 0.0857. The van der Waals surface area contributed by atoms with Gasteiger partial charge in [-0.2, -0.15) is 0 Å². The van der Waals surface area contributed by atoms with Crippen LogP contribution in [0.15, 0.2) is 36.4 Å². The van der Waals surface area contributed by atoms with E-state index < -0.39 is 34.9 Å². The van der Waals surface area contributed by atoms with E-state index in [1.54, 1.807) is 6.92 Å². The van der Waals surface area contributed by atoms with Crippen molar-refractivity contribution in [1.82, 2.24) is 0 Å². The first kappa shape index (κ1) is 18.3. The normalized spacial score (nSPS) is 10.2. The minimum Gasteiger partial charge on any atom is -0.452 e. The summed E-state index contributed by atoms with van der Waals surface area (Å²) in [6.45, 7) is 0.979. The molecule has 1 N–H and O–H groups in total. The number of rotatable bonds is 5. The maximum Gasteiger partial charge on any atom is 0.345 e. The van der Waals surface area contributed by atoms with Crippen LogP contribution in [0, 0.1) is 22.9 Å². The molecular formula is C16H12ClFN2O5. The third kappa shape index (κ3) is 4.74. The molecule has 7 nitrogen and oxygen atoms in total. The largest absolute Gasteiger partial charge is 0.452 e. The highest BCUT2D eigenvalue weighted by atomic mass is 35.5. The van der Waals surface area contributed by atoms with Gasteiger partial charge in [-0.15, -0.1) is 0 Å². The second-order valence-electron chi connectivity index (χ2n) is 5.00. The van der Waals surface area contributed by atoms with E-state index in [-0.39, 0.29) is 16.3 Å². The number of halogens is 2. The Morgan fingerprint density at radius 2 is 2.00 bits per heavy atom. The van der Waals surface area contributed by atoms with Crippen LogP contribution in [0.2, 0.25) is 5.02 Å². The summed E-state index contributed by atoms with van der Waals surface area (Å²) < 4.78 is 17.9. The first-order chi connectivity index (χ1) is 11.8. The number of nitro benzene ring substituents is 1. The fourth-order valence-corrected chi connectivity index (χ4v) is 2.12. The number of nitrogens with one attached hydrogen (secondary N) is 1. The lowest BCUT2D eigenvalue weighted by Gasteiger charge is -2.09. The number of nitro groups is 1. The lowest BCUT2D eigenvalue weighted by Crippen LogP contribution is -2.21. The monoisotopic (exact) mass is 366 g/mol. The molecule has 130 valence electrons. The van der Waals surface area contributed by atoms with Crippen molar-refractivity contribution in [3.63, 3.8) is 0 Å². The van der Waals surface area contributed by atoms with Gasteiger partial charge in [0.15, 0.2) is 6.61 Å². The molecule has 0 atom stereocenters. The summed E-state index contributed by atoms with van der Waals surface area (Å²) in [6.07, 6.45) is 0. The molecule has 2 aromatic carbocycles. The molecular weight excluding hydrogens is 355 g/mol. The zero-order valence-corrected chi connectivity index (χ0v) is 13.7. The molecule has 0 aliphatic heterocycles. The summed E-state index contributed by atoms with van der Waals surface area (Å²) in [7, 11) is 0. The number of hydrogen-bond donors (Lipinski definition) is 1. The van der Waals surface area contributed by atoms with Crippen LogP contribution in [0.1, 0.15) is 15.9 Å². The standard InChI is InChI=1S/C16H12ClFN2O5/c1-9-2-4-11(18)7-13(9)19-15(21)8-25-16(22)12-5-3-10(17)6-14(12)20(23)24/h2-7H,8H2,1H3,(H,19,21). The molecule has 0 saturated carbocycles. The predicted molar refractivity (Wildman–Crippen MR) is 88.2 cm³/mol. The molecule has 0 spiro atoms. The van der Waals surface area contributed by atoms with Gasteiger partial charge in [-0.05, 0) is 36.8 Å². The molecule has 0 heterocycles. The van der Waals surface area contributed by atoms with Crippen molar-refractivity contribution < 1.29 is 23.6 Å². The summed E-state index contributed by atoms with van der Waals surface area (Å²) in [5, 5.41) is 13.4. The van der Waals surface area contributed by atoms with Crippen molar-refractivity contribution in [3.05, 3.63) is 68.5 Å². The first-order valence-electron chi connectivity index (χ1n) is 6.95. The van der Waals surface area contributed by atoms with Crippen LogP contribution in [0.4, 0.5) is 15.8 Å². The van der Waals surface area contributed by atoms with Crippen molar-refractivity contribution in [2.75, 3.05) is 11.9 Å². The molecule has 2 rings (SSSR count). The lowest BCUT2D eigenvalue weighted by atomic mass is 10.2. The minimum atomic E-state index is -1.05. The van der Waals surface area contributed by atoms with Gasteiger partial charge in [-0.25, -0.2) is 9.18 Å². The molecule has 0 radical (unpaired) electrons. The molecule has 0 unspecified atom stereocenters. The molecule has 9 heteroatoms. The van der Waals surface area contributed by atoms with Gasteiger partial charge in [0.05, 0.1) is 4.92 Å². The van der Waals surface area contributed by atoms with E-state index in [0.717, 1.165) is 18.2 Å². The Kier molecular flexibility index (Phi) is 5.66. The summed E-state index contributed by atoms with van der Waals surface area (Å²) >= 11 is 5.66. The summed E-state index contributed by atoms with van der Waals surface area (Å²) in [4.78, 5) is 33.9. The average Bonchev–Trinajstić information content (AvgIpc) is 2.56. The van der Waals surface area contributed by atoms with E-state index in [2.05, 4.69) is 5.32 Å². The van der Waals surface area contributed by atoms with Crippen molar-refractivity contribution in [3.8, 4) is 0 Å². The Balaban J connectivity index is 2.04. The number of aryl methyl sites for hydroxylation is 1. The first-order valence-corrected chi connectivity index (χ1v) is 7.33. The van der Waals surface area contributed by atoms with Crippen molar-refractivity contribution in [2.45, 2.75) is 6.92 Å². The summed E-state index contributed by atoms with van der Waals surface area (Å²) in [5.41, 5.74) is -0.00374. The maximum absolute atomic E-state index is 13.2. The molecule has 0 aromatic heterocycles.